The summed E-state index contributed by atoms with van der Waals surface area (Å²) in [6.07, 6.45) is 0.780. The minimum atomic E-state index is -0.528. The highest BCUT2D eigenvalue weighted by atomic mass is 16.6. The van der Waals surface area contributed by atoms with Gasteiger partial charge in [0.2, 0.25) is 0 Å². The molecule has 0 N–H and O–H groups in total. The fourth-order valence-corrected chi connectivity index (χ4v) is 2.32. The van der Waals surface area contributed by atoms with Gasteiger partial charge in [-0.25, -0.2) is 9.59 Å². The Hall–Kier alpha value is -2.04. The topological polar surface area (TPSA) is 55.8 Å². The van der Waals surface area contributed by atoms with Crippen LogP contribution in [0.2, 0.25) is 0 Å². The minimum Gasteiger partial charge on any atom is -0.459 e. The predicted molar refractivity (Wildman–Crippen MR) is 77.6 cm³/mol. The van der Waals surface area contributed by atoms with Gasteiger partial charge in [0.05, 0.1) is 6.10 Å². The zero-order valence-electron chi connectivity index (χ0n) is 12.5. The van der Waals surface area contributed by atoms with Crippen molar-refractivity contribution in [3.05, 3.63) is 35.9 Å². The summed E-state index contributed by atoms with van der Waals surface area (Å²) in [4.78, 5) is 25.6. The molecule has 114 valence electrons. The van der Waals surface area contributed by atoms with Gasteiger partial charge in [-0.15, -0.1) is 0 Å². The molecule has 5 nitrogen and oxygen atoms in total. The summed E-state index contributed by atoms with van der Waals surface area (Å²) in [5.41, 5.74) is 0.931. The van der Waals surface area contributed by atoms with Crippen LogP contribution in [0.15, 0.2) is 30.3 Å². The first kappa shape index (κ1) is 15.4. The maximum Gasteiger partial charge on any atom is 0.410 e. The quantitative estimate of drug-likeness (QED) is 0.800. The van der Waals surface area contributed by atoms with Crippen LogP contribution in [0.1, 0.15) is 32.3 Å². The number of likely N-dealkylation sites (tertiary alicyclic amines) is 1. The summed E-state index contributed by atoms with van der Waals surface area (Å²) in [6.45, 7) is 4.34. The molecule has 1 atom stereocenters. The van der Waals surface area contributed by atoms with Gasteiger partial charge < -0.3 is 9.47 Å². The van der Waals surface area contributed by atoms with Gasteiger partial charge >= 0.3 is 12.1 Å². The number of carbonyl (C=O) groups excluding carboxylic acids is 2. The van der Waals surface area contributed by atoms with E-state index < -0.39 is 12.1 Å². The Morgan fingerprint density at radius 1 is 1.29 bits per heavy atom. The molecule has 0 radical (unpaired) electrons. The van der Waals surface area contributed by atoms with Gasteiger partial charge in [0.25, 0.3) is 0 Å². The summed E-state index contributed by atoms with van der Waals surface area (Å²) in [7, 11) is 0. The Morgan fingerprint density at radius 2 is 2.00 bits per heavy atom. The Kier molecular flexibility index (Phi) is 5.20. The third-order valence-corrected chi connectivity index (χ3v) is 3.32. The van der Waals surface area contributed by atoms with Crippen LogP contribution in [0, 0.1) is 0 Å². The second kappa shape index (κ2) is 7.11. The first-order valence-corrected chi connectivity index (χ1v) is 7.25. The second-order valence-corrected chi connectivity index (χ2v) is 5.38. The molecule has 0 saturated carbocycles. The molecule has 0 aliphatic carbocycles. The van der Waals surface area contributed by atoms with E-state index in [0.717, 1.165) is 12.0 Å². The molecule has 1 aromatic rings. The summed E-state index contributed by atoms with van der Waals surface area (Å²) < 4.78 is 10.5. The van der Waals surface area contributed by atoms with Crippen molar-refractivity contribution in [1.29, 1.82) is 0 Å². The van der Waals surface area contributed by atoms with Crippen LogP contribution in [-0.4, -0.2) is 35.7 Å². The molecule has 0 aromatic heterocycles. The van der Waals surface area contributed by atoms with Crippen LogP contribution < -0.4 is 0 Å². The van der Waals surface area contributed by atoms with Crippen molar-refractivity contribution in [3.63, 3.8) is 0 Å². The standard InChI is InChI=1S/C16H21NO4/c1-12(2)21-16(19)17-10-6-9-14(17)15(18)20-11-13-7-4-3-5-8-13/h3-5,7-8,12,14H,6,9-11H2,1-2H3/t14-/m0/s1. The summed E-state index contributed by atoms with van der Waals surface area (Å²) in [5, 5.41) is 0. The van der Waals surface area contributed by atoms with E-state index in [4.69, 9.17) is 9.47 Å². The third kappa shape index (κ3) is 4.21. The van der Waals surface area contributed by atoms with E-state index in [1.54, 1.807) is 13.8 Å². The average Bonchev–Trinajstić information content (AvgIpc) is 2.95. The first-order valence-electron chi connectivity index (χ1n) is 7.25. The number of esters is 1. The van der Waals surface area contributed by atoms with Crippen LogP contribution >= 0.6 is 0 Å². The number of amides is 1. The molecule has 1 heterocycles. The number of benzene rings is 1. The molecule has 21 heavy (non-hydrogen) atoms. The number of hydrogen-bond donors (Lipinski definition) is 0. The van der Waals surface area contributed by atoms with Crippen molar-refractivity contribution < 1.29 is 19.1 Å². The molecule has 1 saturated heterocycles. The highest BCUT2D eigenvalue weighted by molar-refractivity contribution is 5.82. The van der Waals surface area contributed by atoms with Gasteiger partial charge in [0, 0.05) is 6.54 Å². The lowest BCUT2D eigenvalue weighted by Crippen LogP contribution is -2.42. The number of carbonyl (C=O) groups is 2. The second-order valence-electron chi connectivity index (χ2n) is 5.38. The van der Waals surface area contributed by atoms with Gasteiger partial charge in [-0.1, -0.05) is 30.3 Å². The number of hydrogen-bond acceptors (Lipinski definition) is 4. The summed E-state index contributed by atoms with van der Waals surface area (Å²) in [5.74, 6) is -0.364. The molecule has 1 fully saturated rings. The molecule has 2 rings (SSSR count). The van der Waals surface area contributed by atoms with Crippen molar-refractivity contribution >= 4 is 12.1 Å². The molecule has 5 heteroatoms. The molecular formula is C16H21NO4. The van der Waals surface area contributed by atoms with E-state index in [0.29, 0.717) is 13.0 Å². The SMILES string of the molecule is CC(C)OC(=O)N1CCC[C@H]1C(=O)OCc1ccccc1. The van der Waals surface area contributed by atoms with Gasteiger partial charge in [0.15, 0.2) is 0 Å². The lowest BCUT2D eigenvalue weighted by molar-refractivity contribution is -0.149. The highest BCUT2D eigenvalue weighted by Gasteiger charge is 2.36. The molecular weight excluding hydrogens is 270 g/mol. The van der Waals surface area contributed by atoms with Crippen LogP contribution in [0.25, 0.3) is 0 Å². The Labute approximate surface area is 124 Å². The molecule has 1 aliphatic heterocycles. The monoisotopic (exact) mass is 291 g/mol. The molecule has 0 bridgehead atoms. The number of ether oxygens (including phenoxy) is 2. The van der Waals surface area contributed by atoms with E-state index in [1.807, 2.05) is 30.3 Å². The van der Waals surface area contributed by atoms with Crippen LogP contribution in [0.5, 0.6) is 0 Å². The average molecular weight is 291 g/mol. The van der Waals surface area contributed by atoms with Gasteiger partial charge in [-0.05, 0) is 32.3 Å². The van der Waals surface area contributed by atoms with E-state index in [9.17, 15) is 9.59 Å². The Balaban J connectivity index is 1.90. The largest absolute Gasteiger partial charge is 0.459 e. The summed E-state index contributed by atoms with van der Waals surface area (Å²) >= 11 is 0. The Morgan fingerprint density at radius 3 is 2.67 bits per heavy atom. The number of rotatable bonds is 4. The smallest absolute Gasteiger partial charge is 0.410 e. The van der Waals surface area contributed by atoms with Gasteiger partial charge in [-0.3, -0.25) is 4.90 Å². The van der Waals surface area contributed by atoms with E-state index >= 15 is 0 Å². The van der Waals surface area contributed by atoms with Crippen LogP contribution in [0.3, 0.4) is 0 Å². The lowest BCUT2D eigenvalue weighted by Gasteiger charge is -2.23. The van der Waals surface area contributed by atoms with E-state index in [-0.39, 0.29) is 18.7 Å². The fraction of sp³-hybridized carbons (Fsp3) is 0.500. The minimum absolute atomic E-state index is 0.195. The first-order chi connectivity index (χ1) is 10.1. The van der Waals surface area contributed by atoms with Gasteiger partial charge in [0.1, 0.15) is 12.6 Å². The number of nitrogens with zero attached hydrogens (tertiary/aromatic N) is 1. The maximum absolute atomic E-state index is 12.1. The maximum atomic E-state index is 12.1. The molecule has 1 aliphatic rings. The molecule has 0 unspecified atom stereocenters. The molecule has 1 aromatic carbocycles. The lowest BCUT2D eigenvalue weighted by atomic mass is 10.2. The Bertz CT molecular complexity index is 486. The normalized spacial score (nSPS) is 17.9. The van der Waals surface area contributed by atoms with Crippen molar-refractivity contribution in [1.82, 2.24) is 4.90 Å². The van der Waals surface area contributed by atoms with Crippen molar-refractivity contribution in [2.75, 3.05) is 6.54 Å². The van der Waals surface area contributed by atoms with Crippen LogP contribution in [-0.2, 0) is 20.9 Å². The van der Waals surface area contributed by atoms with Crippen molar-refractivity contribution in [3.8, 4) is 0 Å². The van der Waals surface area contributed by atoms with Crippen molar-refractivity contribution in [2.45, 2.75) is 45.4 Å². The highest BCUT2D eigenvalue weighted by Crippen LogP contribution is 2.20. The van der Waals surface area contributed by atoms with Crippen molar-refractivity contribution in [2.24, 2.45) is 0 Å². The molecule has 1 amide bonds. The third-order valence-electron chi connectivity index (χ3n) is 3.32. The van der Waals surface area contributed by atoms with E-state index in [2.05, 4.69) is 0 Å². The fourth-order valence-electron chi connectivity index (χ4n) is 2.32. The van der Waals surface area contributed by atoms with Crippen LogP contribution in [0.4, 0.5) is 4.79 Å². The summed E-state index contributed by atoms with van der Waals surface area (Å²) in [6, 6.07) is 8.96. The predicted octanol–water partition coefficient (Wildman–Crippen LogP) is 2.74. The van der Waals surface area contributed by atoms with E-state index in [1.165, 1.54) is 4.90 Å². The van der Waals surface area contributed by atoms with Gasteiger partial charge in [-0.2, -0.15) is 0 Å². The molecule has 0 spiro atoms. The zero-order valence-corrected chi connectivity index (χ0v) is 12.5. The zero-order chi connectivity index (χ0) is 15.2.